The van der Waals surface area contributed by atoms with Gasteiger partial charge in [0.2, 0.25) is 5.91 Å². The molecule has 2 aromatic rings. The summed E-state index contributed by atoms with van der Waals surface area (Å²) < 4.78 is 5.30. The zero-order valence-corrected chi connectivity index (χ0v) is 12.9. The van der Waals surface area contributed by atoms with E-state index < -0.39 is 0 Å². The molecule has 0 aliphatic carbocycles. The van der Waals surface area contributed by atoms with Crippen molar-refractivity contribution in [2.24, 2.45) is 0 Å². The van der Waals surface area contributed by atoms with Crippen molar-refractivity contribution >= 4 is 16.7 Å². The fourth-order valence-electron chi connectivity index (χ4n) is 2.81. The number of morpholine rings is 1. The standard InChI is InChI=1S/C18H22N2O2/c1-14(19-18(21)13-20-8-10-22-11-9-20)16-7-6-15-4-2-3-5-17(15)12-16/h2-7,12,14H,8-11,13H2,1H3,(H,19,21)/t14-/m1/s1. The molecule has 1 fully saturated rings. The minimum Gasteiger partial charge on any atom is -0.379 e. The van der Waals surface area contributed by atoms with Crippen molar-refractivity contribution < 1.29 is 9.53 Å². The summed E-state index contributed by atoms with van der Waals surface area (Å²) >= 11 is 0. The van der Waals surface area contributed by atoms with Gasteiger partial charge in [-0.1, -0.05) is 36.4 Å². The third-order valence-electron chi connectivity index (χ3n) is 4.12. The van der Waals surface area contributed by atoms with Gasteiger partial charge in [-0.25, -0.2) is 0 Å². The van der Waals surface area contributed by atoms with Crippen molar-refractivity contribution in [3.63, 3.8) is 0 Å². The molecule has 4 nitrogen and oxygen atoms in total. The van der Waals surface area contributed by atoms with Crippen LogP contribution in [-0.4, -0.2) is 43.7 Å². The van der Waals surface area contributed by atoms with E-state index in [-0.39, 0.29) is 11.9 Å². The number of hydrogen-bond acceptors (Lipinski definition) is 3. The van der Waals surface area contributed by atoms with Crippen LogP contribution in [0, 0.1) is 0 Å². The molecule has 0 unspecified atom stereocenters. The van der Waals surface area contributed by atoms with Gasteiger partial charge >= 0.3 is 0 Å². The summed E-state index contributed by atoms with van der Waals surface area (Å²) in [6.45, 7) is 5.57. The largest absolute Gasteiger partial charge is 0.379 e. The lowest BCUT2D eigenvalue weighted by atomic mass is 10.0. The van der Waals surface area contributed by atoms with E-state index >= 15 is 0 Å². The minimum atomic E-state index is 0.0122. The quantitative estimate of drug-likeness (QED) is 0.942. The minimum absolute atomic E-state index is 0.0122. The van der Waals surface area contributed by atoms with Crippen molar-refractivity contribution in [1.82, 2.24) is 10.2 Å². The molecule has 3 rings (SSSR count). The van der Waals surface area contributed by atoms with Gasteiger partial charge in [-0.15, -0.1) is 0 Å². The number of nitrogens with one attached hydrogen (secondary N) is 1. The van der Waals surface area contributed by atoms with Gasteiger partial charge in [0.1, 0.15) is 0 Å². The Morgan fingerprint density at radius 3 is 2.68 bits per heavy atom. The molecule has 1 atom stereocenters. The Kier molecular flexibility index (Phi) is 4.71. The van der Waals surface area contributed by atoms with Gasteiger partial charge < -0.3 is 10.1 Å². The highest BCUT2D eigenvalue weighted by Crippen LogP contribution is 2.20. The second-order valence-electron chi connectivity index (χ2n) is 5.78. The van der Waals surface area contributed by atoms with Crippen molar-refractivity contribution in [3.8, 4) is 0 Å². The molecule has 1 saturated heterocycles. The SMILES string of the molecule is C[C@@H](NC(=O)CN1CCOCC1)c1ccc2ccccc2c1. The Labute approximate surface area is 131 Å². The number of hydrogen-bond donors (Lipinski definition) is 1. The van der Waals surface area contributed by atoms with E-state index in [1.165, 1.54) is 10.8 Å². The fourth-order valence-corrected chi connectivity index (χ4v) is 2.81. The number of carbonyl (C=O) groups is 1. The van der Waals surface area contributed by atoms with Crippen molar-refractivity contribution in [2.45, 2.75) is 13.0 Å². The van der Waals surface area contributed by atoms with Crippen LogP contribution in [0.25, 0.3) is 10.8 Å². The van der Waals surface area contributed by atoms with Gasteiger partial charge in [-0.2, -0.15) is 0 Å². The Morgan fingerprint density at radius 1 is 1.18 bits per heavy atom. The van der Waals surface area contributed by atoms with Crippen LogP contribution in [-0.2, 0) is 9.53 Å². The molecule has 2 aromatic carbocycles. The predicted molar refractivity (Wildman–Crippen MR) is 87.8 cm³/mol. The third-order valence-corrected chi connectivity index (χ3v) is 4.12. The maximum Gasteiger partial charge on any atom is 0.234 e. The maximum atomic E-state index is 12.2. The van der Waals surface area contributed by atoms with Crippen LogP contribution in [0.5, 0.6) is 0 Å². The molecule has 4 heteroatoms. The molecule has 0 saturated carbocycles. The van der Waals surface area contributed by atoms with Crippen molar-refractivity contribution in [1.29, 1.82) is 0 Å². The summed E-state index contributed by atoms with van der Waals surface area (Å²) in [7, 11) is 0. The summed E-state index contributed by atoms with van der Waals surface area (Å²) in [6, 6.07) is 14.6. The van der Waals surface area contributed by atoms with Crippen LogP contribution in [0.2, 0.25) is 0 Å². The third kappa shape index (κ3) is 3.64. The molecule has 1 N–H and O–H groups in total. The monoisotopic (exact) mass is 298 g/mol. The number of fused-ring (bicyclic) bond motifs is 1. The molecule has 1 heterocycles. The zero-order chi connectivity index (χ0) is 15.4. The summed E-state index contributed by atoms with van der Waals surface area (Å²) in [5.74, 6) is 0.0718. The average molecular weight is 298 g/mol. The molecule has 22 heavy (non-hydrogen) atoms. The second-order valence-corrected chi connectivity index (χ2v) is 5.78. The van der Waals surface area contributed by atoms with E-state index in [1.54, 1.807) is 0 Å². The molecule has 0 radical (unpaired) electrons. The molecule has 0 spiro atoms. The average Bonchev–Trinajstić information content (AvgIpc) is 2.55. The number of ether oxygens (including phenoxy) is 1. The smallest absolute Gasteiger partial charge is 0.234 e. The van der Waals surface area contributed by atoms with Gasteiger partial charge in [0.25, 0.3) is 0 Å². The fraction of sp³-hybridized carbons (Fsp3) is 0.389. The van der Waals surface area contributed by atoms with Crippen LogP contribution < -0.4 is 5.32 Å². The summed E-state index contributed by atoms with van der Waals surface area (Å²) in [6.07, 6.45) is 0. The van der Waals surface area contributed by atoms with Gasteiger partial charge in [-0.05, 0) is 29.3 Å². The molecule has 1 amide bonds. The van der Waals surface area contributed by atoms with Crippen LogP contribution >= 0.6 is 0 Å². The Hall–Kier alpha value is -1.91. The lowest BCUT2D eigenvalue weighted by Crippen LogP contribution is -2.43. The Bertz CT molecular complexity index is 650. The summed E-state index contributed by atoms with van der Waals surface area (Å²) in [5, 5.41) is 5.51. The normalized spacial score (nSPS) is 17.3. The van der Waals surface area contributed by atoms with Gasteiger partial charge in [0, 0.05) is 13.1 Å². The molecule has 1 aliphatic rings. The first kappa shape index (κ1) is 15.0. The number of nitrogens with zero attached hydrogens (tertiary/aromatic N) is 1. The highest BCUT2D eigenvalue weighted by Gasteiger charge is 2.16. The first-order valence-electron chi connectivity index (χ1n) is 7.80. The predicted octanol–water partition coefficient (Wildman–Crippen LogP) is 2.35. The van der Waals surface area contributed by atoms with E-state index in [1.807, 2.05) is 19.1 Å². The van der Waals surface area contributed by atoms with E-state index in [0.29, 0.717) is 19.8 Å². The number of benzene rings is 2. The summed E-state index contributed by atoms with van der Waals surface area (Å²) in [5.41, 5.74) is 1.13. The zero-order valence-electron chi connectivity index (χ0n) is 12.9. The first-order chi connectivity index (χ1) is 10.7. The van der Waals surface area contributed by atoms with E-state index in [2.05, 4.69) is 40.5 Å². The van der Waals surface area contributed by atoms with Crippen LogP contribution in [0.15, 0.2) is 42.5 Å². The van der Waals surface area contributed by atoms with Crippen LogP contribution in [0.1, 0.15) is 18.5 Å². The highest BCUT2D eigenvalue weighted by molar-refractivity contribution is 5.83. The van der Waals surface area contributed by atoms with Gasteiger partial charge in [0.15, 0.2) is 0 Å². The van der Waals surface area contributed by atoms with E-state index in [0.717, 1.165) is 18.7 Å². The van der Waals surface area contributed by atoms with E-state index in [9.17, 15) is 4.79 Å². The van der Waals surface area contributed by atoms with Crippen LogP contribution in [0.4, 0.5) is 0 Å². The Morgan fingerprint density at radius 2 is 1.91 bits per heavy atom. The van der Waals surface area contributed by atoms with Gasteiger partial charge in [0.05, 0.1) is 25.8 Å². The molecule has 116 valence electrons. The van der Waals surface area contributed by atoms with Crippen LogP contribution in [0.3, 0.4) is 0 Å². The number of carbonyl (C=O) groups excluding carboxylic acids is 1. The lowest BCUT2D eigenvalue weighted by molar-refractivity contribution is -0.123. The number of rotatable bonds is 4. The molecular formula is C18H22N2O2. The maximum absolute atomic E-state index is 12.2. The Balaban J connectivity index is 1.62. The lowest BCUT2D eigenvalue weighted by Gasteiger charge is -2.26. The summed E-state index contributed by atoms with van der Waals surface area (Å²) in [4.78, 5) is 14.3. The van der Waals surface area contributed by atoms with Crippen molar-refractivity contribution in [2.75, 3.05) is 32.8 Å². The van der Waals surface area contributed by atoms with Gasteiger partial charge in [-0.3, -0.25) is 9.69 Å². The molecule has 1 aliphatic heterocycles. The first-order valence-corrected chi connectivity index (χ1v) is 7.80. The number of amides is 1. The topological polar surface area (TPSA) is 41.6 Å². The molecule has 0 bridgehead atoms. The molecular weight excluding hydrogens is 276 g/mol. The van der Waals surface area contributed by atoms with Crippen molar-refractivity contribution in [3.05, 3.63) is 48.0 Å². The second kappa shape index (κ2) is 6.90. The van der Waals surface area contributed by atoms with E-state index in [4.69, 9.17) is 4.74 Å². The molecule has 0 aromatic heterocycles. The highest BCUT2D eigenvalue weighted by atomic mass is 16.5.